The molecule has 1 aromatic carbocycles. The van der Waals surface area contributed by atoms with E-state index in [1.54, 1.807) is 12.3 Å². The van der Waals surface area contributed by atoms with Crippen molar-refractivity contribution in [1.82, 2.24) is 9.97 Å². The van der Waals surface area contributed by atoms with E-state index in [1.165, 1.54) is 22.9 Å². The third kappa shape index (κ3) is 3.23. The van der Waals surface area contributed by atoms with E-state index < -0.39 is 0 Å². The van der Waals surface area contributed by atoms with Crippen LogP contribution in [0, 0.1) is 13.8 Å². The van der Waals surface area contributed by atoms with Crippen LogP contribution in [0.3, 0.4) is 0 Å². The highest BCUT2D eigenvalue weighted by Gasteiger charge is 2.06. The second-order valence-electron chi connectivity index (χ2n) is 4.06. The molecule has 0 atom stereocenters. The minimum absolute atomic E-state index is 0.0238. The first-order valence-corrected chi connectivity index (χ1v) is 6.48. The predicted molar refractivity (Wildman–Crippen MR) is 74.6 cm³/mol. The Labute approximate surface area is 115 Å². The minimum atomic E-state index is -0.0238. The Balaban J connectivity index is 2.26. The third-order valence-electron chi connectivity index (χ3n) is 2.69. The van der Waals surface area contributed by atoms with E-state index in [0.29, 0.717) is 10.9 Å². The molecule has 0 spiro atoms. The molecule has 1 heterocycles. The number of rotatable bonds is 3. The van der Waals surface area contributed by atoms with E-state index in [0.717, 1.165) is 4.90 Å². The maximum atomic E-state index is 8.63. The average Bonchev–Trinajstić information content (AvgIpc) is 2.42. The smallest absolute Gasteiger partial charge is 0.193 e. The summed E-state index contributed by atoms with van der Waals surface area (Å²) >= 11 is 1.44. The van der Waals surface area contributed by atoms with Crippen molar-refractivity contribution in [3.63, 3.8) is 0 Å². The summed E-state index contributed by atoms with van der Waals surface area (Å²) in [5.41, 5.74) is 8.37. The van der Waals surface area contributed by atoms with Gasteiger partial charge in [-0.05, 0) is 54.9 Å². The molecule has 1 aromatic heterocycles. The second-order valence-corrected chi connectivity index (χ2v) is 5.10. The molecule has 6 heteroatoms. The van der Waals surface area contributed by atoms with Gasteiger partial charge in [-0.1, -0.05) is 11.2 Å². The number of amidine groups is 1. The Morgan fingerprint density at radius 2 is 2.05 bits per heavy atom. The van der Waals surface area contributed by atoms with Gasteiger partial charge in [0.05, 0.1) is 0 Å². The summed E-state index contributed by atoms with van der Waals surface area (Å²) in [6.45, 7) is 4.13. The highest BCUT2D eigenvalue weighted by Crippen LogP contribution is 2.26. The fourth-order valence-electron chi connectivity index (χ4n) is 1.47. The molecule has 0 aliphatic rings. The number of hydrogen-bond acceptors (Lipinski definition) is 5. The van der Waals surface area contributed by atoms with Gasteiger partial charge in [0.2, 0.25) is 0 Å². The van der Waals surface area contributed by atoms with E-state index in [2.05, 4.69) is 41.1 Å². The predicted octanol–water partition coefficient (Wildman–Crippen LogP) is 2.34. The average molecular weight is 274 g/mol. The molecular weight excluding hydrogens is 260 g/mol. The van der Waals surface area contributed by atoms with E-state index in [-0.39, 0.29) is 5.84 Å². The number of benzene rings is 1. The normalized spacial score (nSPS) is 11.6. The van der Waals surface area contributed by atoms with Gasteiger partial charge in [0.15, 0.2) is 11.0 Å². The van der Waals surface area contributed by atoms with Crippen LogP contribution < -0.4 is 5.73 Å². The Hall–Kier alpha value is -2.08. The number of hydrogen-bond donors (Lipinski definition) is 2. The molecule has 5 nitrogen and oxygen atoms in total. The quantitative estimate of drug-likeness (QED) is 0.295. The minimum Gasteiger partial charge on any atom is -0.409 e. The molecule has 0 aliphatic heterocycles. The molecule has 0 saturated carbocycles. The van der Waals surface area contributed by atoms with E-state index in [4.69, 9.17) is 10.9 Å². The number of nitrogens with two attached hydrogens (primary N) is 1. The molecule has 0 saturated heterocycles. The standard InChI is InChI=1S/C13H14N4OS/c1-8-3-4-10(7-9(8)2)19-13-15-6-5-11(16-13)12(14)17-18/h3-7,18H,1-2H3,(H2,14,17). The lowest BCUT2D eigenvalue weighted by Crippen LogP contribution is -2.15. The van der Waals surface area contributed by atoms with Crippen LogP contribution in [-0.2, 0) is 0 Å². The van der Waals surface area contributed by atoms with E-state index in [1.807, 2.05) is 6.07 Å². The topological polar surface area (TPSA) is 84.4 Å². The van der Waals surface area contributed by atoms with Crippen molar-refractivity contribution in [2.45, 2.75) is 23.9 Å². The van der Waals surface area contributed by atoms with Crippen LogP contribution in [0.25, 0.3) is 0 Å². The van der Waals surface area contributed by atoms with Gasteiger partial charge in [0, 0.05) is 11.1 Å². The Morgan fingerprint density at radius 1 is 1.26 bits per heavy atom. The van der Waals surface area contributed by atoms with Gasteiger partial charge in [-0.15, -0.1) is 0 Å². The van der Waals surface area contributed by atoms with Crippen molar-refractivity contribution in [2.75, 3.05) is 0 Å². The fraction of sp³-hybridized carbons (Fsp3) is 0.154. The molecule has 0 fully saturated rings. The largest absolute Gasteiger partial charge is 0.409 e. The maximum absolute atomic E-state index is 8.63. The summed E-state index contributed by atoms with van der Waals surface area (Å²) in [6.07, 6.45) is 1.59. The molecule has 2 aromatic rings. The summed E-state index contributed by atoms with van der Waals surface area (Å²) in [4.78, 5) is 9.45. The summed E-state index contributed by atoms with van der Waals surface area (Å²) in [7, 11) is 0. The maximum Gasteiger partial charge on any atom is 0.193 e. The Morgan fingerprint density at radius 3 is 2.74 bits per heavy atom. The monoisotopic (exact) mass is 274 g/mol. The number of nitrogens with zero attached hydrogens (tertiary/aromatic N) is 3. The SMILES string of the molecule is Cc1ccc(Sc2nccc(/C(N)=N/O)n2)cc1C. The van der Waals surface area contributed by atoms with Gasteiger partial charge in [-0.3, -0.25) is 0 Å². The van der Waals surface area contributed by atoms with Gasteiger partial charge < -0.3 is 10.9 Å². The highest BCUT2D eigenvalue weighted by molar-refractivity contribution is 7.99. The molecule has 19 heavy (non-hydrogen) atoms. The van der Waals surface area contributed by atoms with Crippen LogP contribution in [-0.4, -0.2) is 21.0 Å². The lowest BCUT2D eigenvalue weighted by Gasteiger charge is -2.05. The number of oxime groups is 1. The fourth-order valence-corrected chi connectivity index (χ4v) is 2.31. The van der Waals surface area contributed by atoms with Crippen molar-refractivity contribution in [1.29, 1.82) is 0 Å². The van der Waals surface area contributed by atoms with Crippen LogP contribution in [0.4, 0.5) is 0 Å². The number of aryl methyl sites for hydroxylation is 2. The molecule has 0 aliphatic carbocycles. The summed E-state index contributed by atoms with van der Waals surface area (Å²) in [6, 6.07) is 7.76. The van der Waals surface area contributed by atoms with Gasteiger partial charge in [-0.25, -0.2) is 9.97 Å². The van der Waals surface area contributed by atoms with Gasteiger partial charge in [-0.2, -0.15) is 0 Å². The molecule has 0 bridgehead atoms. The Kier molecular flexibility index (Phi) is 4.01. The van der Waals surface area contributed by atoms with Crippen LogP contribution in [0.15, 0.2) is 45.7 Å². The van der Waals surface area contributed by atoms with Gasteiger partial charge >= 0.3 is 0 Å². The molecule has 0 amide bonds. The molecule has 2 rings (SSSR count). The van der Waals surface area contributed by atoms with E-state index in [9.17, 15) is 0 Å². The first-order chi connectivity index (χ1) is 9.10. The number of aromatic nitrogens is 2. The van der Waals surface area contributed by atoms with Crippen LogP contribution in [0.5, 0.6) is 0 Å². The van der Waals surface area contributed by atoms with Crippen LogP contribution in [0.2, 0.25) is 0 Å². The zero-order chi connectivity index (χ0) is 13.8. The van der Waals surface area contributed by atoms with Crippen LogP contribution in [0.1, 0.15) is 16.8 Å². The zero-order valence-electron chi connectivity index (χ0n) is 10.7. The van der Waals surface area contributed by atoms with Gasteiger partial charge in [0.25, 0.3) is 0 Å². The molecule has 0 radical (unpaired) electrons. The lowest BCUT2D eigenvalue weighted by atomic mass is 10.1. The first kappa shape index (κ1) is 13.4. The summed E-state index contributed by atoms with van der Waals surface area (Å²) in [5.74, 6) is -0.0238. The van der Waals surface area contributed by atoms with E-state index >= 15 is 0 Å². The first-order valence-electron chi connectivity index (χ1n) is 5.66. The van der Waals surface area contributed by atoms with Crippen molar-refractivity contribution in [3.8, 4) is 0 Å². The Bertz CT molecular complexity index is 628. The van der Waals surface area contributed by atoms with Crippen molar-refractivity contribution in [2.24, 2.45) is 10.9 Å². The van der Waals surface area contributed by atoms with Crippen molar-refractivity contribution >= 4 is 17.6 Å². The molecule has 3 N–H and O–H groups in total. The summed E-state index contributed by atoms with van der Waals surface area (Å²) < 4.78 is 0. The molecular formula is C13H14N4OS. The van der Waals surface area contributed by atoms with Crippen LogP contribution >= 0.6 is 11.8 Å². The third-order valence-corrected chi connectivity index (χ3v) is 3.56. The van der Waals surface area contributed by atoms with Gasteiger partial charge in [0.1, 0.15) is 5.69 Å². The molecule has 98 valence electrons. The molecule has 0 unspecified atom stereocenters. The zero-order valence-corrected chi connectivity index (χ0v) is 11.5. The highest BCUT2D eigenvalue weighted by atomic mass is 32.2. The summed E-state index contributed by atoms with van der Waals surface area (Å²) in [5, 5.41) is 12.1. The van der Waals surface area contributed by atoms with Crippen molar-refractivity contribution in [3.05, 3.63) is 47.3 Å². The lowest BCUT2D eigenvalue weighted by molar-refractivity contribution is 0.318. The second kappa shape index (κ2) is 5.71. The van der Waals surface area contributed by atoms with Crippen molar-refractivity contribution < 1.29 is 5.21 Å².